The average Bonchev–Trinajstić information content (AvgIpc) is 3.23. The molecule has 0 spiro atoms. The fourth-order valence-electron chi connectivity index (χ4n) is 4.64. The van der Waals surface area contributed by atoms with Crippen LogP contribution in [0, 0.1) is 13.8 Å². The summed E-state index contributed by atoms with van der Waals surface area (Å²) in [7, 11) is 0. The Hall–Kier alpha value is -2.47. The molecule has 0 fully saturated rings. The fourth-order valence-corrected chi connectivity index (χ4v) is 5.75. The van der Waals surface area contributed by atoms with E-state index in [4.69, 9.17) is 0 Å². The minimum atomic E-state index is -3.91. The van der Waals surface area contributed by atoms with Crippen molar-refractivity contribution >= 4 is 39.7 Å². The van der Waals surface area contributed by atoms with Gasteiger partial charge in [-0.05, 0) is 55.6 Å². The Kier molecular flexibility index (Phi) is 3.27. The summed E-state index contributed by atoms with van der Waals surface area (Å²) in [4.78, 5) is 1.03. The zero-order valence-electron chi connectivity index (χ0n) is 15.7. The maximum Gasteiger partial charge on any atom is 0.737 e. The first-order valence-corrected chi connectivity index (χ1v) is 9.88. The molecular weight excluding hydrogens is 361 g/mol. The molecule has 1 aromatic carbocycles. The van der Waals surface area contributed by atoms with Gasteiger partial charge in [-0.25, -0.2) is 0 Å². The molecule has 0 amide bonds. The van der Waals surface area contributed by atoms with Gasteiger partial charge >= 0.3 is 6.97 Å². The third-order valence-corrected chi connectivity index (χ3v) is 6.74. The van der Waals surface area contributed by atoms with Crippen molar-refractivity contribution in [3.63, 3.8) is 0 Å². The average molecular weight is 380 g/mol. The first-order valence-electron chi connectivity index (χ1n) is 9.06. The minimum Gasteiger partial charge on any atom is -0.393 e. The predicted molar refractivity (Wildman–Crippen MR) is 110 cm³/mol. The van der Waals surface area contributed by atoms with Crippen LogP contribution in [0.1, 0.15) is 35.7 Å². The molecule has 0 radical (unpaired) electrons. The fraction of sp³-hybridized carbons (Fsp3) is 0.190. The second-order valence-electron chi connectivity index (χ2n) is 7.49. The first kappa shape index (κ1) is 16.7. The van der Waals surface area contributed by atoms with E-state index in [1.165, 1.54) is 13.7 Å². The Bertz CT molecular complexity index is 1210. The van der Waals surface area contributed by atoms with Gasteiger partial charge in [0.05, 0.1) is 5.57 Å². The molecule has 3 aromatic rings. The maximum absolute atomic E-state index is 15.6. The van der Waals surface area contributed by atoms with Crippen molar-refractivity contribution in [3.05, 3.63) is 75.6 Å². The van der Waals surface area contributed by atoms with E-state index in [1.54, 1.807) is 25.2 Å². The van der Waals surface area contributed by atoms with Crippen molar-refractivity contribution in [3.8, 4) is 0 Å². The van der Waals surface area contributed by atoms with Gasteiger partial charge in [-0.2, -0.15) is 0 Å². The molecule has 2 aromatic heterocycles. The van der Waals surface area contributed by atoms with Crippen LogP contribution in [0.15, 0.2) is 53.7 Å². The number of hydrogen-bond acceptors (Lipinski definition) is 1. The van der Waals surface area contributed by atoms with Crippen LogP contribution >= 0.6 is 11.3 Å². The smallest absolute Gasteiger partial charge is 0.393 e. The highest BCUT2D eigenvalue weighted by Crippen LogP contribution is 2.46. The molecule has 2 aliphatic heterocycles. The lowest BCUT2D eigenvalue weighted by atomic mass is 9.85. The van der Waals surface area contributed by atoms with Crippen LogP contribution < -0.4 is 0 Å². The van der Waals surface area contributed by atoms with Crippen LogP contribution in [0.25, 0.3) is 15.7 Å². The number of aromatic nitrogens is 1. The van der Waals surface area contributed by atoms with Crippen LogP contribution in [0.4, 0.5) is 8.63 Å². The maximum atomic E-state index is 15.6. The molecule has 2 aliphatic rings. The number of benzene rings is 1. The van der Waals surface area contributed by atoms with Crippen LogP contribution in [-0.4, -0.2) is 21.6 Å². The molecule has 0 N–H and O–H groups in total. The molecule has 0 saturated carbocycles. The van der Waals surface area contributed by atoms with Gasteiger partial charge in [-0.15, -0.1) is 11.3 Å². The summed E-state index contributed by atoms with van der Waals surface area (Å²) < 4.78 is 34.9. The molecule has 5 rings (SSSR count). The molecule has 0 atom stereocenters. The summed E-state index contributed by atoms with van der Waals surface area (Å²) in [6, 6.07) is 12.2. The van der Waals surface area contributed by atoms with Crippen molar-refractivity contribution in [2.75, 3.05) is 0 Å². The Labute approximate surface area is 160 Å². The van der Waals surface area contributed by atoms with E-state index in [-0.39, 0.29) is 0 Å². The van der Waals surface area contributed by atoms with Crippen molar-refractivity contribution in [1.82, 2.24) is 4.48 Å². The molecule has 0 saturated heterocycles. The summed E-state index contributed by atoms with van der Waals surface area (Å²) in [6.07, 6.45) is 1.87. The van der Waals surface area contributed by atoms with Crippen molar-refractivity contribution < 1.29 is 13.1 Å². The molecule has 0 aliphatic carbocycles. The van der Waals surface area contributed by atoms with E-state index in [9.17, 15) is 0 Å². The first-order chi connectivity index (χ1) is 12.8. The van der Waals surface area contributed by atoms with Gasteiger partial charge in [0.2, 0.25) is 0 Å². The van der Waals surface area contributed by atoms with Crippen LogP contribution in [-0.2, 0) is 0 Å². The van der Waals surface area contributed by atoms with Gasteiger partial charge < -0.3 is 17.6 Å². The third-order valence-electron chi connectivity index (χ3n) is 5.61. The topological polar surface area (TPSA) is 7.94 Å². The molecule has 136 valence electrons. The largest absolute Gasteiger partial charge is 0.737 e. The van der Waals surface area contributed by atoms with E-state index in [1.807, 2.05) is 38.1 Å². The van der Waals surface area contributed by atoms with Gasteiger partial charge in [-0.3, -0.25) is 0 Å². The molecule has 6 heteroatoms. The molecular formula is C21H19BF2N2S. The van der Waals surface area contributed by atoms with Gasteiger partial charge in [0, 0.05) is 33.8 Å². The molecule has 0 unspecified atom stereocenters. The highest BCUT2D eigenvalue weighted by Gasteiger charge is 2.55. The second kappa shape index (κ2) is 5.29. The van der Waals surface area contributed by atoms with Crippen molar-refractivity contribution in [2.24, 2.45) is 0 Å². The number of fused-ring (bicyclic) bond motifs is 3. The van der Waals surface area contributed by atoms with Gasteiger partial charge in [0.25, 0.3) is 0 Å². The number of thiophene rings is 1. The van der Waals surface area contributed by atoms with E-state index >= 15 is 8.63 Å². The third kappa shape index (κ3) is 2.07. The Morgan fingerprint density at radius 1 is 1.04 bits per heavy atom. The SMILES string of the molecule is CC1=CC(C)=[N+]2C1=C(c1cc3ccccc3s1)c1c(C)cc(C)n1[B-]2(F)F. The lowest BCUT2D eigenvalue weighted by Crippen LogP contribution is -2.51. The van der Waals surface area contributed by atoms with E-state index in [0.717, 1.165) is 27.0 Å². The quantitative estimate of drug-likeness (QED) is 0.475. The Balaban J connectivity index is 1.94. The monoisotopic (exact) mass is 380 g/mol. The number of allylic oxidation sites excluding steroid dienone is 2. The predicted octanol–water partition coefficient (Wildman–Crippen LogP) is 5.75. The second-order valence-corrected chi connectivity index (χ2v) is 8.57. The van der Waals surface area contributed by atoms with Crippen LogP contribution in [0.2, 0.25) is 0 Å². The van der Waals surface area contributed by atoms with E-state index in [0.29, 0.717) is 22.8 Å². The standard InChI is InChI=1S/C21H19BF2N2S/c1-12-9-14(3)25-20(12)19(18-11-16-7-5-6-8-17(16)27-18)21-13(2)10-15(4)26(21)22(25,23)24/h5-11H,1-4H3. The molecule has 2 nitrogen and oxygen atoms in total. The van der Waals surface area contributed by atoms with Gasteiger partial charge in [-0.1, -0.05) is 18.2 Å². The molecule has 4 heterocycles. The van der Waals surface area contributed by atoms with E-state index < -0.39 is 6.97 Å². The van der Waals surface area contributed by atoms with E-state index in [2.05, 4.69) is 18.2 Å². The summed E-state index contributed by atoms with van der Waals surface area (Å²) in [5, 5.41) is 1.15. The number of halogens is 2. The summed E-state index contributed by atoms with van der Waals surface area (Å²) in [5.74, 6) is 0. The van der Waals surface area contributed by atoms with Crippen molar-refractivity contribution in [1.29, 1.82) is 0 Å². The highest BCUT2D eigenvalue weighted by atomic mass is 32.1. The summed E-state index contributed by atoms with van der Waals surface area (Å²) in [5.41, 5.74) is 5.21. The lowest BCUT2D eigenvalue weighted by molar-refractivity contribution is -0.363. The normalized spacial score (nSPS) is 18.2. The lowest BCUT2D eigenvalue weighted by Gasteiger charge is -2.33. The number of aryl methyl sites for hydroxylation is 2. The van der Waals surface area contributed by atoms with Gasteiger partial charge in [0.15, 0.2) is 5.70 Å². The van der Waals surface area contributed by atoms with Crippen molar-refractivity contribution in [2.45, 2.75) is 27.7 Å². The zero-order valence-corrected chi connectivity index (χ0v) is 16.5. The van der Waals surface area contributed by atoms with Gasteiger partial charge in [0.1, 0.15) is 5.71 Å². The van der Waals surface area contributed by atoms with Crippen LogP contribution in [0.5, 0.6) is 0 Å². The Morgan fingerprint density at radius 3 is 2.52 bits per heavy atom. The zero-order chi connectivity index (χ0) is 19.1. The molecule has 27 heavy (non-hydrogen) atoms. The highest BCUT2D eigenvalue weighted by molar-refractivity contribution is 7.20. The number of hydrogen-bond donors (Lipinski definition) is 0. The Morgan fingerprint density at radius 2 is 1.78 bits per heavy atom. The number of rotatable bonds is 1. The summed E-state index contributed by atoms with van der Waals surface area (Å²) in [6.45, 7) is 3.49. The summed E-state index contributed by atoms with van der Waals surface area (Å²) >= 11 is 1.67. The van der Waals surface area contributed by atoms with Crippen LogP contribution in [0.3, 0.4) is 0 Å². The number of nitrogens with zero attached hydrogens (tertiary/aromatic N) is 2. The minimum absolute atomic E-state index is 0.600. The molecule has 0 bridgehead atoms.